The van der Waals surface area contributed by atoms with Crippen LogP contribution in [0.2, 0.25) is 0 Å². The van der Waals surface area contributed by atoms with Crippen molar-refractivity contribution in [3.05, 3.63) is 78.1 Å². The topological polar surface area (TPSA) is 58.1 Å². The monoisotopic (exact) mass is 372 g/mol. The Morgan fingerprint density at radius 2 is 1.75 bits per heavy atom. The number of likely N-dealkylation sites (tertiary alicyclic amines) is 1. The largest absolute Gasteiger partial charge is 0.350 e. The Morgan fingerprint density at radius 3 is 2.54 bits per heavy atom. The van der Waals surface area contributed by atoms with E-state index in [1.54, 1.807) is 18.3 Å². The number of rotatable bonds is 5. The van der Waals surface area contributed by atoms with E-state index in [1.807, 2.05) is 30.3 Å². The van der Waals surface area contributed by atoms with E-state index in [-0.39, 0.29) is 11.9 Å². The van der Waals surface area contributed by atoms with Gasteiger partial charge in [-0.1, -0.05) is 42.5 Å². The van der Waals surface area contributed by atoms with Crippen molar-refractivity contribution in [3.63, 3.8) is 0 Å². The van der Waals surface area contributed by atoms with Crippen LogP contribution in [-0.4, -0.2) is 39.9 Å². The van der Waals surface area contributed by atoms with Gasteiger partial charge in [0.2, 0.25) is 5.91 Å². The van der Waals surface area contributed by atoms with Crippen molar-refractivity contribution >= 4 is 23.0 Å². The zero-order valence-electron chi connectivity index (χ0n) is 15.8. The van der Waals surface area contributed by atoms with E-state index in [4.69, 9.17) is 0 Å². The Kier molecular flexibility index (Phi) is 5.73. The maximum absolute atomic E-state index is 12.3. The highest BCUT2D eigenvalue weighted by atomic mass is 16.1. The minimum atomic E-state index is -0.0727. The van der Waals surface area contributed by atoms with Crippen LogP contribution in [0.1, 0.15) is 24.1 Å². The van der Waals surface area contributed by atoms with Gasteiger partial charge >= 0.3 is 0 Å². The minimum absolute atomic E-state index is 0.0727. The molecule has 1 saturated heterocycles. The summed E-state index contributed by atoms with van der Waals surface area (Å²) in [5.74, 6) is -0.0727. The highest BCUT2D eigenvalue weighted by Crippen LogP contribution is 2.14. The highest BCUT2D eigenvalue weighted by molar-refractivity contribution is 5.91. The van der Waals surface area contributed by atoms with Crippen LogP contribution in [0.5, 0.6) is 0 Å². The third kappa shape index (κ3) is 4.81. The van der Waals surface area contributed by atoms with Gasteiger partial charge < -0.3 is 5.32 Å². The first-order chi connectivity index (χ1) is 13.8. The summed E-state index contributed by atoms with van der Waals surface area (Å²) in [4.78, 5) is 23.6. The van der Waals surface area contributed by atoms with Crippen LogP contribution in [0.15, 0.2) is 66.9 Å². The number of hydrogen-bond acceptors (Lipinski definition) is 4. The fourth-order valence-corrected chi connectivity index (χ4v) is 3.54. The molecule has 0 radical (unpaired) electrons. The SMILES string of the molecule is O=C(/C=C/c1cnc2ccccc2n1)NC1CCN(Cc2ccccc2)CC1. The van der Waals surface area contributed by atoms with Crippen molar-refractivity contribution in [1.29, 1.82) is 0 Å². The second-order valence-corrected chi connectivity index (χ2v) is 7.16. The third-order valence-electron chi connectivity index (χ3n) is 5.06. The smallest absolute Gasteiger partial charge is 0.244 e. The number of carbonyl (C=O) groups is 1. The molecule has 28 heavy (non-hydrogen) atoms. The second kappa shape index (κ2) is 8.76. The van der Waals surface area contributed by atoms with Crippen molar-refractivity contribution in [2.45, 2.75) is 25.4 Å². The molecule has 0 spiro atoms. The summed E-state index contributed by atoms with van der Waals surface area (Å²) in [5, 5.41) is 3.11. The van der Waals surface area contributed by atoms with Crippen molar-refractivity contribution in [1.82, 2.24) is 20.2 Å². The number of para-hydroxylation sites is 2. The molecule has 5 heteroatoms. The van der Waals surface area contributed by atoms with Crippen LogP contribution in [0.3, 0.4) is 0 Å². The minimum Gasteiger partial charge on any atom is -0.350 e. The lowest BCUT2D eigenvalue weighted by atomic mass is 10.0. The summed E-state index contributed by atoms with van der Waals surface area (Å²) < 4.78 is 0. The molecular formula is C23H24N4O. The summed E-state index contributed by atoms with van der Waals surface area (Å²) in [7, 11) is 0. The standard InChI is InChI=1S/C23H24N4O/c28-23(11-10-20-16-24-21-8-4-5-9-22(21)25-20)26-19-12-14-27(15-13-19)17-18-6-2-1-3-7-18/h1-11,16,19H,12-15,17H2,(H,26,28)/b11-10+. The van der Waals surface area contributed by atoms with E-state index in [9.17, 15) is 4.79 Å². The molecule has 1 aromatic heterocycles. The molecule has 3 aromatic rings. The Labute approximate surface area is 165 Å². The molecule has 1 amide bonds. The number of benzene rings is 2. The van der Waals surface area contributed by atoms with Gasteiger partial charge in [0, 0.05) is 31.8 Å². The molecule has 0 unspecified atom stereocenters. The van der Waals surface area contributed by atoms with Crippen molar-refractivity contribution in [3.8, 4) is 0 Å². The van der Waals surface area contributed by atoms with Gasteiger partial charge in [-0.2, -0.15) is 0 Å². The Balaban J connectivity index is 1.26. The van der Waals surface area contributed by atoms with Crippen LogP contribution in [0.25, 0.3) is 17.1 Å². The summed E-state index contributed by atoms with van der Waals surface area (Å²) in [6.45, 7) is 2.97. The van der Waals surface area contributed by atoms with Gasteiger partial charge in [0.25, 0.3) is 0 Å². The molecule has 1 fully saturated rings. The first kappa shape index (κ1) is 18.3. The van der Waals surface area contributed by atoms with Crippen LogP contribution in [0, 0.1) is 0 Å². The highest BCUT2D eigenvalue weighted by Gasteiger charge is 2.19. The van der Waals surface area contributed by atoms with Crippen LogP contribution >= 0.6 is 0 Å². The predicted molar refractivity (Wildman–Crippen MR) is 111 cm³/mol. The number of nitrogens with one attached hydrogen (secondary N) is 1. The molecule has 2 heterocycles. The Morgan fingerprint density at radius 1 is 1.04 bits per heavy atom. The molecule has 5 nitrogen and oxygen atoms in total. The van der Waals surface area contributed by atoms with Crippen LogP contribution < -0.4 is 5.32 Å². The number of carbonyl (C=O) groups excluding carboxylic acids is 1. The molecule has 2 aromatic carbocycles. The number of fused-ring (bicyclic) bond motifs is 1. The third-order valence-corrected chi connectivity index (χ3v) is 5.06. The zero-order valence-corrected chi connectivity index (χ0v) is 15.8. The molecule has 0 aliphatic carbocycles. The molecule has 1 aliphatic heterocycles. The van der Waals surface area contributed by atoms with E-state index >= 15 is 0 Å². The molecule has 1 N–H and O–H groups in total. The van der Waals surface area contributed by atoms with Gasteiger partial charge in [0.1, 0.15) is 0 Å². The number of hydrogen-bond donors (Lipinski definition) is 1. The number of amides is 1. The average molecular weight is 372 g/mol. The normalized spacial score (nSPS) is 15.9. The van der Waals surface area contributed by atoms with Gasteiger partial charge in [-0.3, -0.25) is 14.7 Å². The maximum atomic E-state index is 12.3. The van der Waals surface area contributed by atoms with Gasteiger partial charge in [-0.05, 0) is 36.6 Å². The van der Waals surface area contributed by atoms with Crippen LogP contribution in [0.4, 0.5) is 0 Å². The van der Waals surface area contributed by atoms with Crippen LogP contribution in [-0.2, 0) is 11.3 Å². The molecule has 1 aliphatic rings. The summed E-state index contributed by atoms with van der Waals surface area (Å²) >= 11 is 0. The number of piperidine rings is 1. The fraction of sp³-hybridized carbons (Fsp3) is 0.261. The van der Waals surface area contributed by atoms with E-state index < -0.39 is 0 Å². The van der Waals surface area contributed by atoms with E-state index in [1.165, 1.54) is 5.56 Å². The molecule has 0 bridgehead atoms. The number of nitrogens with zero attached hydrogens (tertiary/aromatic N) is 3. The lowest BCUT2D eigenvalue weighted by Gasteiger charge is -2.32. The fourth-order valence-electron chi connectivity index (χ4n) is 3.54. The first-order valence-corrected chi connectivity index (χ1v) is 9.73. The number of aromatic nitrogens is 2. The second-order valence-electron chi connectivity index (χ2n) is 7.16. The molecule has 4 rings (SSSR count). The quantitative estimate of drug-likeness (QED) is 0.697. The zero-order chi connectivity index (χ0) is 19.2. The lowest BCUT2D eigenvalue weighted by molar-refractivity contribution is -0.117. The first-order valence-electron chi connectivity index (χ1n) is 9.73. The summed E-state index contributed by atoms with van der Waals surface area (Å²) in [6, 6.07) is 18.5. The summed E-state index contributed by atoms with van der Waals surface area (Å²) in [6.07, 6.45) is 6.91. The van der Waals surface area contributed by atoms with Crippen molar-refractivity contribution < 1.29 is 4.79 Å². The summed E-state index contributed by atoms with van der Waals surface area (Å²) in [5.41, 5.74) is 3.71. The van der Waals surface area contributed by atoms with Crippen molar-refractivity contribution in [2.75, 3.05) is 13.1 Å². The van der Waals surface area contributed by atoms with Gasteiger partial charge in [0.05, 0.1) is 22.9 Å². The molecule has 0 saturated carbocycles. The lowest BCUT2D eigenvalue weighted by Crippen LogP contribution is -2.43. The molecular weight excluding hydrogens is 348 g/mol. The van der Waals surface area contributed by atoms with Gasteiger partial charge in [-0.25, -0.2) is 4.98 Å². The van der Waals surface area contributed by atoms with Crippen molar-refractivity contribution in [2.24, 2.45) is 0 Å². The van der Waals surface area contributed by atoms with E-state index in [2.05, 4.69) is 44.5 Å². The van der Waals surface area contributed by atoms with Gasteiger partial charge in [-0.15, -0.1) is 0 Å². The molecule has 0 atom stereocenters. The Hall–Kier alpha value is -3.05. The van der Waals surface area contributed by atoms with E-state index in [0.29, 0.717) is 5.69 Å². The van der Waals surface area contributed by atoms with Gasteiger partial charge in [0.15, 0.2) is 0 Å². The van der Waals surface area contributed by atoms with E-state index in [0.717, 1.165) is 43.5 Å². The maximum Gasteiger partial charge on any atom is 0.244 e. The average Bonchev–Trinajstić information content (AvgIpc) is 2.74. The Bertz CT molecular complexity index is 963. The predicted octanol–water partition coefficient (Wildman–Crippen LogP) is 3.42. The molecule has 142 valence electrons.